The molecular weight excluding hydrogens is 393 g/mol. The van der Waals surface area contributed by atoms with Gasteiger partial charge in [0.15, 0.2) is 0 Å². The van der Waals surface area contributed by atoms with E-state index in [4.69, 9.17) is 4.74 Å². The normalized spacial score (nSPS) is 14.8. The highest BCUT2D eigenvalue weighted by molar-refractivity contribution is 5.95. The number of benzene rings is 3. The number of rotatable bonds is 1. The Balaban J connectivity index is 1.72. The maximum Gasteiger partial charge on any atom is 0.416 e. The van der Waals surface area contributed by atoms with E-state index in [-0.39, 0.29) is 18.0 Å². The highest BCUT2D eigenvalue weighted by Gasteiger charge is 2.32. The molecule has 1 aromatic heterocycles. The number of aromatic nitrogens is 2. The number of halogens is 3. The molecule has 4 aromatic rings. The number of nitrogens with one attached hydrogen (secondary N) is 2. The summed E-state index contributed by atoms with van der Waals surface area (Å²) in [6, 6.07) is 16.6. The van der Waals surface area contributed by atoms with E-state index in [1.165, 1.54) is 6.07 Å². The zero-order valence-corrected chi connectivity index (χ0v) is 15.5. The van der Waals surface area contributed by atoms with Gasteiger partial charge in [-0.05, 0) is 52.6 Å². The number of hydrogen-bond donors (Lipinski definition) is 2. The van der Waals surface area contributed by atoms with Gasteiger partial charge in [0.1, 0.15) is 12.4 Å². The van der Waals surface area contributed by atoms with Crippen molar-refractivity contribution in [3.8, 4) is 5.75 Å². The van der Waals surface area contributed by atoms with Gasteiger partial charge in [0.2, 0.25) is 0 Å². The van der Waals surface area contributed by atoms with Crippen LogP contribution in [0.3, 0.4) is 0 Å². The molecule has 0 amide bonds. The fraction of sp³-hybridized carbons (Fsp3) is 0.0870. The van der Waals surface area contributed by atoms with E-state index in [0.29, 0.717) is 16.6 Å². The lowest BCUT2D eigenvalue weighted by atomic mass is 9.92. The molecule has 5 rings (SSSR count). The third-order valence-electron chi connectivity index (χ3n) is 5.14. The largest absolute Gasteiger partial charge is 0.488 e. The molecule has 1 aliphatic rings. The van der Waals surface area contributed by atoms with Crippen LogP contribution in [0.5, 0.6) is 5.75 Å². The SMILES string of the molecule is O=c1[nH]c2ccc(/C=C3\c4ccccc4COc4cc(C(F)(F)F)ccc43)cc2[nH]1. The summed E-state index contributed by atoms with van der Waals surface area (Å²) >= 11 is 0. The molecule has 0 fully saturated rings. The van der Waals surface area contributed by atoms with Crippen LogP contribution in [-0.2, 0) is 12.8 Å². The summed E-state index contributed by atoms with van der Waals surface area (Å²) < 4.78 is 45.4. The summed E-state index contributed by atoms with van der Waals surface area (Å²) in [6.07, 6.45) is -2.56. The van der Waals surface area contributed by atoms with Crippen molar-refractivity contribution in [1.29, 1.82) is 0 Å². The summed E-state index contributed by atoms with van der Waals surface area (Å²) in [4.78, 5) is 17.0. The van der Waals surface area contributed by atoms with E-state index in [1.54, 1.807) is 6.07 Å². The fourth-order valence-electron chi connectivity index (χ4n) is 3.71. The Labute approximate surface area is 168 Å². The lowest BCUT2D eigenvalue weighted by Crippen LogP contribution is -2.05. The van der Waals surface area contributed by atoms with Gasteiger partial charge in [-0.1, -0.05) is 36.4 Å². The molecule has 1 aliphatic heterocycles. The maximum atomic E-state index is 13.2. The molecule has 2 heterocycles. The highest BCUT2D eigenvalue weighted by Crippen LogP contribution is 2.41. The van der Waals surface area contributed by atoms with Gasteiger partial charge in [0.05, 0.1) is 16.6 Å². The van der Waals surface area contributed by atoms with Crippen LogP contribution in [-0.4, -0.2) is 9.97 Å². The van der Waals surface area contributed by atoms with E-state index >= 15 is 0 Å². The van der Waals surface area contributed by atoms with E-state index in [2.05, 4.69) is 9.97 Å². The zero-order chi connectivity index (χ0) is 20.9. The second kappa shape index (κ2) is 6.66. The molecule has 0 atom stereocenters. The van der Waals surface area contributed by atoms with Gasteiger partial charge >= 0.3 is 11.9 Å². The van der Waals surface area contributed by atoms with Crippen molar-refractivity contribution in [2.45, 2.75) is 12.8 Å². The Kier molecular flexibility index (Phi) is 4.06. The number of hydrogen-bond acceptors (Lipinski definition) is 2. The van der Waals surface area contributed by atoms with Crippen LogP contribution < -0.4 is 10.4 Å². The Morgan fingerprint density at radius 2 is 1.70 bits per heavy atom. The van der Waals surface area contributed by atoms with E-state index < -0.39 is 11.7 Å². The van der Waals surface area contributed by atoms with Crippen molar-refractivity contribution < 1.29 is 17.9 Å². The molecule has 150 valence electrons. The van der Waals surface area contributed by atoms with Crippen LogP contribution in [0.15, 0.2) is 65.5 Å². The van der Waals surface area contributed by atoms with Crippen molar-refractivity contribution in [2.24, 2.45) is 0 Å². The second-order valence-corrected chi connectivity index (χ2v) is 7.10. The van der Waals surface area contributed by atoms with Gasteiger partial charge in [0.25, 0.3) is 0 Å². The van der Waals surface area contributed by atoms with Crippen molar-refractivity contribution in [1.82, 2.24) is 9.97 Å². The summed E-state index contributed by atoms with van der Waals surface area (Å²) in [5.41, 5.74) is 4.19. The van der Waals surface area contributed by atoms with Crippen LogP contribution in [0.4, 0.5) is 13.2 Å². The first-order valence-electron chi connectivity index (χ1n) is 9.25. The summed E-state index contributed by atoms with van der Waals surface area (Å²) in [5.74, 6) is 0.184. The number of H-pyrrole nitrogens is 2. The first kappa shape index (κ1) is 18.3. The van der Waals surface area contributed by atoms with Crippen LogP contribution >= 0.6 is 0 Å². The lowest BCUT2D eigenvalue weighted by Gasteiger charge is -2.13. The number of imidazole rings is 1. The Morgan fingerprint density at radius 1 is 0.900 bits per heavy atom. The minimum absolute atomic E-state index is 0.173. The molecule has 0 spiro atoms. The molecule has 0 unspecified atom stereocenters. The van der Waals surface area contributed by atoms with Gasteiger partial charge in [-0.3, -0.25) is 0 Å². The molecule has 0 saturated heterocycles. The highest BCUT2D eigenvalue weighted by atomic mass is 19.4. The molecule has 0 bridgehead atoms. The molecule has 2 N–H and O–H groups in total. The van der Waals surface area contributed by atoms with Crippen molar-refractivity contribution in [3.63, 3.8) is 0 Å². The molecule has 7 heteroatoms. The van der Waals surface area contributed by atoms with Crippen molar-refractivity contribution >= 4 is 22.7 Å². The Morgan fingerprint density at radius 3 is 2.53 bits per heavy atom. The second-order valence-electron chi connectivity index (χ2n) is 7.10. The van der Waals surface area contributed by atoms with Gasteiger partial charge in [-0.2, -0.15) is 13.2 Å². The quantitative estimate of drug-likeness (QED) is 0.446. The Hall–Kier alpha value is -3.74. The van der Waals surface area contributed by atoms with Crippen LogP contribution in [0, 0.1) is 0 Å². The third kappa shape index (κ3) is 3.18. The van der Waals surface area contributed by atoms with Gasteiger partial charge in [0, 0.05) is 5.56 Å². The summed E-state index contributed by atoms with van der Waals surface area (Å²) in [5, 5.41) is 0. The van der Waals surface area contributed by atoms with Gasteiger partial charge < -0.3 is 14.7 Å². The summed E-state index contributed by atoms with van der Waals surface area (Å²) in [7, 11) is 0. The van der Waals surface area contributed by atoms with Crippen LogP contribution in [0.2, 0.25) is 0 Å². The molecule has 0 radical (unpaired) electrons. The number of aromatic amines is 2. The van der Waals surface area contributed by atoms with E-state index in [9.17, 15) is 18.0 Å². The first-order valence-corrected chi connectivity index (χ1v) is 9.25. The van der Waals surface area contributed by atoms with E-state index in [0.717, 1.165) is 34.4 Å². The Bertz CT molecular complexity index is 1360. The minimum atomic E-state index is -4.45. The third-order valence-corrected chi connectivity index (χ3v) is 5.14. The topological polar surface area (TPSA) is 57.9 Å². The standard InChI is InChI=1S/C23H15F3N2O2/c24-23(25,26)15-6-7-17-18(9-13-5-8-19-20(10-13)28-22(29)27-19)16-4-2-1-3-14(16)12-30-21(17)11-15/h1-11H,12H2,(H2,27,28,29)/b18-9+. The number of alkyl halides is 3. The molecule has 0 aliphatic carbocycles. The number of fused-ring (bicyclic) bond motifs is 3. The molecule has 3 aromatic carbocycles. The van der Waals surface area contributed by atoms with Crippen molar-refractivity contribution in [2.75, 3.05) is 0 Å². The predicted octanol–water partition coefficient (Wildman–Crippen LogP) is 5.36. The smallest absolute Gasteiger partial charge is 0.416 e. The monoisotopic (exact) mass is 408 g/mol. The van der Waals surface area contributed by atoms with E-state index in [1.807, 2.05) is 42.5 Å². The maximum absolute atomic E-state index is 13.2. The molecule has 30 heavy (non-hydrogen) atoms. The van der Waals surface area contributed by atoms with Crippen LogP contribution in [0.1, 0.15) is 27.8 Å². The first-order chi connectivity index (χ1) is 14.4. The molecular formula is C23H15F3N2O2. The molecule has 4 nitrogen and oxygen atoms in total. The fourth-order valence-corrected chi connectivity index (χ4v) is 3.71. The predicted molar refractivity (Wildman–Crippen MR) is 108 cm³/mol. The van der Waals surface area contributed by atoms with Gasteiger partial charge in [-0.15, -0.1) is 0 Å². The minimum Gasteiger partial charge on any atom is -0.488 e. The molecule has 0 saturated carbocycles. The van der Waals surface area contributed by atoms with Gasteiger partial charge in [-0.25, -0.2) is 4.79 Å². The average molecular weight is 408 g/mol. The van der Waals surface area contributed by atoms with Crippen molar-refractivity contribution in [3.05, 3.63) is 99.0 Å². The number of ether oxygens (including phenoxy) is 1. The summed E-state index contributed by atoms with van der Waals surface area (Å²) in [6.45, 7) is 0.173. The lowest BCUT2D eigenvalue weighted by molar-refractivity contribution is -0.137. The average Bonchev–Trinajstić information content (AvgIpc) is 3.01. The van der Waals surface area contributed by atoms with Crippen LogP contribution in [0.25, 0.3) is 22.7 Å². The zero-order valence-electron chi connectivity index (χ0n) is 15.5.